The Morgan fingerprint density at radius 3 is 2.91 bits per heavy atom. The van der Waals surface area contributed by atoms with Crippen molar-refractivity contribution in [2.45, 2.75) is 32.6 Å². The number of hydrogen-bond acceptors (Lipinski definition) is 4. The van der Waals surface area contributed by atoms with E-state index in [1.807, 2.05) is 19.1 Å². The summed E-state index contributed by atoms with van der Waals surface area (Å²) in [6, 6.07) is 5.38. The first kappa shape index (κ1) is 17.3. The Morgan fingerprint density at radius 1 is 1.30 bits per heavy atom. The molecule has 6 nitrogen and oxygen atoms in total. The minimum Gasteiger partial charge on any atom is -0.441 e. The Kier molecular flexibility index (Phi) is 6.41. The first-order valence-corrected chi connectivity index (χ1v) is 9.01. The van der Waals surface area contributed by atoms with Crippen LogP contribution in [0.15, 0.2) is 24.0 Å². The Bertz CT molecular complexity index is 643. The molecule has 0 aliphatic carbocycles. The maximum Gasteiger partial charge on any atom is 0.259 e. The van der Waals surface area contributed by atoms with Crippen molar-refractivity contribution in [1.82, 2.24) is 5.32 Å². The summed E-state index contributed by atoms with van der Waals surface area (Å²) in [7, 11) is -2.18. The third-order valence-corrected chi connectivity index (χ3v) is 4.63. The zero-order chi connectivity index (χ0) is 16.7. The van der Waals surface area contributed by atoms with E-state index in [0.29, 0.717) is 30.8 Å². The molecule has 1 aliphatic heterocycles. The van der Waals surface area contributed by atoms with Crippen LogP contribution in [0.25, 0.3) is 5.57 Å². The highest BCUT2D eigenvalue weighted by Gasteiger charge is 2.15. The number of allylic oxidation sites excluding steroid dienone is 1. The lowest BCUT2D eigenvalue weighted by Gasteiger charge is -2.17. The van der Waals surface area contributed by atoms with Crippen LogP contribution in [0.2, 0.25) is 0 Å². The largest absolute Gasteiger partial charge is 0.441 e. The first-order valence-electron chi connectivity index (χ1n) is 7.61. The van der Waals surface area contributed by atoms with E-state index in [9.17, 15) is 14.2 Å². The highest BCUT2D eigenvalue weighted by molar-refractivity contribution is 7.43. The van der Waals surface area contributed by atoms with Gasteiger partial charge in [0.1, 0.15) is 5.75 Å². The summed E-state index contributed by atoms with van der Waals surface area (Å²) in [6.07, 6.45) is 3.61. The van der Waals surface area contributed by atoms with Gasteiger partial charge in [0.25, 0.3) is 8.03 Å². The molecule has 1 aromatic rings. The second-order valence-electron chi connectivity index (χ2n) is 5.39. The van der Waals surface area contributed by atoms with E-state index >= 15 is 0 Å². The van der Waals surface area contributed by atoms with Crippen molar-refractivity contribution in [1.29, 1.82) is 0 Å². The monoisotopic (exact) mass is 336 g/mol. The number of anilines is 1. The molecule has 1 atom stereocenters. The van der Waals surface area contributed by atoms with Gasteiger partial charge in [0.15, 0.2) is 0 Å². The molecule has 23 heavy (non-hydrogen) atoms. The summed E-state index contributed by atoms with van der Waals surface area (Å²) in [5.74, 6) is 2.11. The summed E-state index contributed by atoms with van der Waals surface area (Å²) in [5, 5.41) is 5.41. The predicted molar refractivity (Wildman–Crippen MR) is 90.9 cm³/mol. The van der Waals surface area contributed by atoms with Crippen LogP contribution >= 0.6 is 8.03 Å². The lowest BCUT2D eigenvalue weighted by Crippen LogP contribution is -2.13. The van der Waals surface area contributed by atoms with Crippen molar-refractivity contribution in [3.8, 4) is 5.75 Å². The molecule has 2 N–H and O–H groups in total. The van der Waals surface area contributed by atoms with Crippen LogP contribution in [-0.2, 0) is 14.2 Å². The van der Waals surface area contributed by atoms with Crippen LogP contribution in [0.1, 0.15) is 38.2 Å². The third-order valence-electron chi connectivity index (χ3n) is 3.54. The second-order valence-corrected chi connectivity index (χ2v) is 6.52. The Labute approximate surface area is 136 Å². The first-order chi connectivity index (χ1) is 11.1. The van der Waals surface area contributed by atoms with E-state index in [0.717, 1.165) is 30.4 Å². The van der Waals surface area contributed by atoms with Crippen LogP contribution in [0.5, 0.6) is 5.75 Å². The Morgan fingerprint density at radius 2 is 2.13 bits per heavy atom. The lowest BCUT2D eigenvalue weighted by molar-refractivity contribution is -0.116. The molecule has 0 fully saturated rings. The fourth-order valence-electron chi connectivity index (χ4n) is 2.37. The molecule has 124 valence electrons. The summed E-state index contributed by atoms with van der Waals surface area (Å²) in [6.45, 7) is 2.53. The highest BCUT2D eigenvalue weighted by Crippen LogP contribution is 2.42. The molecular formula is C16H21N2O4P. The minimum absolute atomic E-state index is 0.0657. The van der Waals surface area contributed by atoms with Gasteiger partial charge in [-0.3, -0.25) is 14.2 Å². The van der Waals surface area contributed by atoms with Crippen molar-refractivity contribution in [3.05, 3.63) is 29.6 Å². The molecule has 1 aliphatic rings. The molecule has 0 saturated heterocycles. The maximum atomic E-state index is 11.9. The normalized spacial score (nSPS) is 15.9. The second kappa shape index (κ2) is 8.53. The molecule has 0 spiro atoms. The molecule has 2 amide bonds. The van der Waals surface area contributed by atoms with Crippen molar-refractivity contribution in [2.24, 2.45) is 0 Å². The minimum atomic E-state index is -2.18. The van der Waals surface area contributed by atoms with Gasteiger partial charge < -0.3 is 15.2 Å². The molecule has 1 aromatic carbocycles. The van der Waals surface area contributed by atoms with Gasteiger partial charge in [0.05, 0.1) is 0 Å². The third kappa shape index (κ3) is 5.25. The van der Waals surface area contributed by atoms with Crippen LogP contribution in [0.4, 0.5) is 5.69 Å². The number of amides is 2. The van der Waals surface area contributed by atoms with E-state index in [2.05, 4.69) is 10.6 Å². The zero-order valence-corrected chi connectivity index (χ0v) is 14.1. The number of carbonyl (C=O) groups is 2. The summed E-state index contributed by atoms with van der Waals surface area (Å²) >= 11 is 0. The van der Waals surface area contributed by atoms with Crippen LogP contribution in [0, 0.1) is 0 Å². The number of unbranched alkanes of at least 4 members (excludes halogenated alkanes) is 2. The number of nitrogens with one attached hydrogen (secondary N) is 2. The number of carbonyl (C=O) groups excluding carboxylic acids is 2. The number of benzene rings is 1. The average molecular weight is 336 g/mol. The van der Waals surface area contributed by atoms with Crippen molar-refractivity contribution in [2.75, 3.05) is 11.9 Å². The van der Waals surface area contributed by atoms with Crippen molar-refractivity contribution < 1.29 is 18.7 Å². The van der Waals surface area contributed by atoms with Gasteiger partial charge in [-0.15, -0.1) is 0 Å². The Balaban J connectivity index is 1.83. The molecule has 1 heterocycles. The lowest BCUT2D eigenvalue weighted by atomic mass is 10.1. The summed E-state index contributed by atoms with van der Waals surface area (Å²) < 4.78 is 16.9. The van der Waals surface area contributed by atoms with E-state index in [1.165, 1.54) is 0 Å². The van der Waals surface area contributed by atoms with Crippen LogP contribution in [0.3, 0.4) is 0 Å². The van der Waals surface area contributed by atoms with Crippen LogP contribution < -0.4 is 15.2 Å². The molecule has 1 unspecified atom stereocenters. The molecule has 7 heteroatoms. The smallest absolute Gasteiger partial charge is 0.259 e. The van der Waals surface area contributed by atoms with Gasteiger partial charge >= 0.3 is 0 Å². The van der Waals surface area contributed by atoms with Gasteiger partial charge in [-0.05, 0) is 37.5 Å². The molecular weight excluding hydrogens is 315 g/mol. The standard InChI is InChI=1S/C16H21N2O4P/c1-12-10-23(21)22-15-9-13(6-7-14(12)15)18-16(20)5-3-2-4-8-17-11-19/h6-7,9-11,23H,2-5,8H2,1H3,(H,17,19)(H,18,20). The highest BCUT2D eigenvalue weighted by atomic mass is 31.1. The van der Waals surface area contributed by atoms with E-state index < -0.39 is 8.03 Å². The van der Waals surface area contributed by atoms with Gasteiger partial charge in [-0.1, -0.05) is 6.42 Å². The average Bonchev–Trinajstić information content (AvgIpc) is 2.50. The fraction of sp³-hybridized carbons (Fsp3) is 0.375. The molecule has 0 saturated carbocycles. The van der Waals surface area contributed by atoms with Crippen LogP contribution in [-0.4, -0.2) is 18.9 Å². The quantitative estimate of drug-likeness (QED) is 0.434. The predicted octanol–water partition coefficient (Wildman–Crippen LogP) is 3.16. The van der Waals surface area contributed by atoms with Gasteiger partial charge in [-0.25, -0.2) is 0 Å². The fourth-order valence-corrected chi connectivity index (χ4v) is 3.33. The topological polar surface area (TPSA) is 84.5 Å². The molecule has 0 radical (unpaired) electrons. The van der Waals surface area contributed by atoms with E-state index in [-0.39, 0.29) is 5.91 Å². The number of rotatable bonds is 8. The SMILES string of the molecule is CC1=C[PH](=O)Oc2cc(NC(=O)CCCCCNC=O)ccc21. The molecule has 0 aromatic heterocycles. The maximum absolute atomic E-state index is 11.9. The number of hydrogen-bond donors (Lipinski definition) is 2. The molecule has 0 bridgehead atoms. The summed E-state index contributed by atoms with van der Waals surface area (Å²) in [4.78, 5) is 22.0. The van der Waals surface area contributed by atoms with Gasteiger partial charge in [0, 0.05) is 36.1 Å². The molecule has 2 rings (SSSR count). The van der Waals surface area contributed by atoms with Gasteiger partial charge in [-0.2, -0.15) is 0 Å². The van der Waals surface area contributed by atoms with E-state index in [1.54, 1.807) is 11.9 Å². The zero-order valence-electron chi connectivity index (χ0n) is 13.1. The number of fused-ring (bicyclic) bond motifs is 1. The van der Waals surface area contributed by atoms with Crippen molar-refractivity contribution in [3.63, 3.8) is 0 Å². The van der Waals surface area contributed by atoms with Crippen molar-refractivity contribution >= 4 is 31.6 Å². The van der Waals surface area contributed by atoms with E-state index in [4.69, 9.17) is 4.52 Å². The Hall–Kier alpha value is -2.07. The van der Waals surface area contributed by atoms with Gasteiger partial charge in [0.2, 0.25) is 12.3 Å². The summed E-state index contributed by atoms with van der Waals surface area (Å²) in [5.41, 5.74) is 2.47.